The van der Waals surface area contributed by atoms with Gasteiger partial charge >= 0.3 is 5.97 Å². The van der Waals surface area contributed by atoms with Crippen LogP contribution in [0.4, 0.5) is 0 Å². The number of rotatable bonds is 2. The van der Waals surface area contributed by atoms with E-state index in [0.29, 0.717) is 6.61 Å². The highest BCUT2D eigenvalue weighted by Crippen LogP contribution is 2.11. The second-order valence-electron chi connectivity index (χ2n) is 2.90. The molecule has 2 heterocycles. The van der Waals surface area contributed by atoms with Gasteiger partial charge in [0.1, 0.15) is 5.82 Å². The second kappa shape index (κ2) is 3.16. The Balaban J connectivity index is 2.18. The molecule has 0 amide bonds. The van der Waals surface area contributed by atoms with E-state index in [1.54, 1.807) is 11.6 Å². The van der Waals surface area contributed by atoms with Gasteiger partial charge in [-0.05, 0) is 13.3 Å². The molecular formula is C8H11N3O2. The van der Waals surface area contributed by atoms with Crippen molar-refractivity contribution < 1.29 is 9.53 Å². The summed E-state index contributed by atoms with van der Waals surface area (Å²) in [6, 6.07) is 0. The first-order valence-electron chi connectivity index (χ1n) is 4.42. The fourth-order valence-corrected chi connectivity index (χ4v) is 1.41. The van der Waals surface area contributed by atoms with Gasteiger partial charge in [0.05, 0.1) is 6.61 Å². The van der Waals surface area contributed by atoms with Crippen LogP contribution < -0.4 is 0 Å². The topological polar surface area (TPSA) is 57.0 Å². The van der Waals surface area contributed by atoms with E-state index in [2.05, 4.69) is 10.1 Å². The molecule has 0 aliphatic carbocycles. The molecule has 2 rings (SSSR count). The molecule has 0 saturated carbocycles. The normalized spacial score (nSPS) is 14.2. The van der Waals surface area contributed by atoms with Gasteiger partial charge in [0.25, 0.3) is 5.82 Å². The van der Waals surface area contributed by atoms with Gasteiger partial charge in [-0.3, -0.25) is 0 Å². The summed E-state index contributed by atoms with van der Waals surface area (Å²) in [6.45, 7) is 2.99. The molecule has 0 fully saturated rings. The summed E-state index contributed by atoms with van der Waals surface area (Å²) >= 11 is 0. The van der Waals surface area contributed by atoms with Crippen LogP contribution in [0.1, 0.15) is 29.8 Å². The van der Waals surface area contributed by atoms with E-state index in [4.69, 9.17) is 4.74 Å². The smallest absolute Gasteiger partial charge is 0.378 e. The number of carbonyl (C=O) groups excluding carboxylic acids is 1. The lowest BCUT2D eigenvalue weighted by atomic mass is 10.4. The van der Waals surface area contributed by atoms with Crippen molar-refractivity contribution in [3.8, 4) is 0 Å². The van der Waals surface area contributed by atoms with Crippen molar-refractivity contribution in [3.63, 3.8) is 0 Å². The largest absolute Gasteiger partial charge is 0.460 e. The van der Waals surface area contributed by atoms with Crippen LogP contribution >= 0.6 is 0 Å². The lowest BCUT2D eigenvalue weighted by Crippen LogP contribution is -2.08. The number of fused-ring (bicyclic) bond motifs is 1. The quantitative estimate of drug-likeness (QED) is 0.620. The van der Waals surface area contributed by atoms with Gasteiger partial charge in [-0.15, -0.1) is 5.10 Å². The number of aromatic nitrogens is 3. The van der Waals surface area contributed by atoms with Gasteiger partial charge in [0, 0.05) is 13.0 Å². The molecule has 1 aliphatic rings. The average Bonchev–Trinajstić information content (AvgIpc) is 2.61. The van der Waals surface area contributed by atoms with Gasteiger partial charge < -0.3 is 4.74 Å². The Labute approximate surface area is 75.7 Å². The summed E-state index contributed by atoms with van der Waals surface area (Å²) < 4.78 is 6.56. The highest BCUT2D eigenvalue weighted by molar-refractivity contribution is 5.84. The molecule has 1 aromatic rings. The molecule has 0 radical (unpaired) electrons. The minimum absolute atomic E-state index is 0.191. The zero-order valence-corrected chi connectivity index (χ0v) is 7.49. The maximum atomic E-state index is 11.2. The minimum Gasteiger partial charge on any atom is -0.460 e. The fraction of sp³-hybridized carbons (Fsp3) is 0.625. The van der Waals surface area contributed by atoms with E-state index in [0.717, 1.165) is 25.2 Å². The summed E-state index contributed by atoms with van der Waals surface area (Å²) in [7, 11) is 0. The molecule has 0 atom stereocenters. The van der Waals surface area contributed by atoms with Gasteiger partial charge in [-0.2, -0.15) is 0 Å². The number of nitrogens with zero attached hydrogens (tertiary/aromatic N) is 3. The third-order valence-electron chi connectivity index (χ3n) is 1.98. The molecule has 0 saturated heterocycles. The Kier molecular flexibility index (Phi) is 2.00. The molecule has 1 aromatic heterocycles. The number of esters is 1. The van der Waals surface area contributed by atoms with Gasteiger partial charge in [0.15, 0.2) is 0 Å². The molecule has 0 spiro atoms. The molecule has 13 heavy (non-hydrogen) atoms. The molecule has 0 bridgehead atoms. The molecular weight excluding hydrogens is 170 g/mol. The minimum atomic E-state index is -0.426. The zero-order chi connectivity index (χ0) is 9.26. The van der Waals surface area contributed by atoms with Gasteiger partial charge in [0.2, 0.25) is 0 Å². The molecule has 70 valence electrons. The Morgan fingerprint density at radius 2 is 2.54 bits per heavy atom. The second-order valence-corrected chi connectivity index (χ2v) is 2.90. The zero-order valence-electron chi connectivity index (χ0n) is 7.49. The Bertz CT molecular complexity index is 311. The first-order chi connectivity index (χ1) is 6.31. The highest BCUT2D eigenvalue weighted by atomic mass is 16.5. The Morgan fingerprint density at radius 1 is 1.69 bits per heavy atom. The van der Waals surface area contributed by atoms with E-state index >= 15 is 0 Å². The van der Waals surface area contributed by atoms with Crippen LogP contribution in [0.15, 0.2) is 0 Å². The van der Waals surface area contributed by atoms with E-state index in [-0.39, 0.29) is 5.82 Å². The van der Waals surface area contributed by atoms with Gasteiger partial charge in [-0.25, -0.2) is 14.5 Å². The standard InChI is InChI=1S/C8H11N3O2/c1-2-13-8(12)7-9-6-4-3-5-11(6)10-7/h2-5H2,1H3. The Morgan fingerprint density at radius 3 is 3.23 bits per heavy atom. The van der Waals surface area contributed by atoms with E-state index in [1.807, 2.05) is 0 Å². The first-order valence-corrected chi connectivity index (χ1v) is 4.42. The van der Waals surface area contributed by atoms with Crippen LogP contribution in [0.5, 0.6) is 0 Å². The molecule has 5 heteroatoms. The molecule has 5 nitrogen and oxygen atoms in total. The van der Waals surface area contributed by atoms with E-state index < -0.39 is 5.97 Å². The van der Waals surface area contributed by atoms with E-state index in [9.17, 15) is 4.79 Å². The van der Waals surface area contributed by atoms with Crippen molar-refractivity contribution in [2.75, 3.05) is 6.61 Å². The summed E-state index contributed by atoms with van der Waals surface area (Å²) in [4.78, 5) is 15.3. The van der Waals surface area contributed by atoms with E-state index in [1.165, 1.54) is 0 Å². The molecule has 0 N–H and O–H groups in total. The monoisotopic (exact) mass is 181 g/mol. The molecule has 1 aliphatic heterocycles. The molecule has 0 unspecified atom stereocenters. The summed E-state index contributed by atoms with van der Waals surface area (Å²) in [5.74, 6) is 0.656. The Hall–Kier alpha value is -1.39. The summed E-state index contributed by atoms with van der Waals surface area (Å²) in [6.07, 6.45) is 1.98. The predicted octanol–water partition coefficient (Wildman–Crippen LogP) is 0.401. The number of hydrogen-bond donors (Lipinski definition) is 0. The van der Waals surface area contributed by atoms with Crippen LogP contribution in [0.25, 0.3) is 0 Å². The van der Waals surface area contributed by atoms with Crippen molar-refractivity contribution in [2.24, 2.45) is 0 Å². The summed E-state index contributed by atoms with van der Waals surface area (Å²) in [5.41, 5.74) is 0. The third-order valence-corrected chi connectivity index (χ3v) is 1.98. The van der Waals surface area contributed by atoms with Crippen molar-refractivity contribution in [3.05, 3.63) is 11.6 Å². The SMILES string of the molecule is CCOC(=O)c1nc2n(n1)CCC2. The fourth-order valence-electron chi connectivity index (χ4n) is 1.41. The maximum absolute atomic E-state index is 11.2. The number of carbonyl (C=O) groups is 1. The van der Waals surface area contributed by atoms with Crippen molar-refractivity contribution >= 4 is 5.97 Å². The summed E-state index contributed by atoms with van der Waals surface area (Å²) in [5, 5.41) is 4.04. The van der Waals surface area contributed by atoms with Crippen molar-refractivity contribution in [1.29, 1.82) is 0 Å². The lowest BCUT2D eigenvalue weighted by molar-refractivity contribution is 0.0511. The van der Waals surface area contributed by atoms with Crippen molar-refractivity contribution in [2.45, 2.75) is 26.3 Å². The van der Waals surface area contributed by atoms with Crippen LogP contribution in [0.3, 0.4) is 0 Å². The molecule has 0 aromatic carbocycles. The van der Waals surface area contributed by atoms with Gasteiger partial charge in [-0.1, -0.05) is 0 Å². The number of aryl methyl sites for hydroxylation is 2. The third kappa shape index (κ3) is 1.41. The lowest BCUT2D eigenvalue weighted by Gasteiger charge is -1.95. The number of hydrogen-bond acceptors (Lipinski definition) is 4. The predicted molar refractivity (Wildman–Crippen MR) is 44.3 cm³/mol. The van der Waals surface area contributed by atoms with Crippen molar-refractivity contribution in [1.82, 2.24) is 14.8 Å². The van der Waals surface area contributed by atoms with Crippen LogP contribution in [-0.2, 0) is 17.7 Å². The van der Waals surface area contributed by atoms with Crippen LogP contribution in [-0.4, -0.2) is 27.3 Å². The first kappa shape index (κ1) is 8.22. The van der Waals surface area contributed by atoms with Crippen LogP contribution in [0, 0.1) is 0 Å². The highest BCUT2D eigenvalue weighted by Gasteiger charge is 2.20. The maximum Gasteiger partial charge on any atom is 0.378 e. The average molecular weight is 181 g/mol. The van der Waals surface area contributed by atoms with Crippen LogP contribution in [0.2, 0.25) is 0 Å². The number of ether oxygens (including phenoxy) is 1.